The van der Waals surface area contributed by atoms with Gasteiger partial charge in [-0.05, 0) is 43.2 Å². The zero-order valence-corrected chi connectivity index (χ0v) is 14.7. The first-order valence-electron chi connectivity index (χ1n) is 8.42. The van der Waals surface area contributed by atoms with Crippen molar-refractivity contribution < 1.29 is 0 Å². The van der Waals surface area contributed by atoms with Crippen LogP contribution in [0, 0.1) is 5.92 Å². The molecule has 1 heterocycles. The lowest BCUT2D eigenvalue weighted by atomic mass is 9.86. The first kappa shape index (κ1) is 15.5. The lowest BCUT2D eigenvalue weighted by Gasteiger charge is -2.41. The molecule has 1 aliphatic carbocycles. The predicted octanol–water partition coefficient (Wildman–Crippen LogP) is 4.15. The number of rotatable bonds is 3. The van der Waals surface area contributed by atoms with Gasteiger partial charge in [0.05, 0.1) is 0 Å². The van der Waals surface area contributed by atoms with E-state index in [1.807, 2.05) is 0 Å². The Hall–Kier alpha value is -0.380. The summed E-state index contributed by atoms with van der Waals surface area (Å²) in [6, 6.07) is 9.48. The number of hydrogen-bond donors (Lipinski definition) is 0. The highest BCUT2D eigenvalue weighted by molar-refractivity contribution is 9.10. The maximum Gasteiger partial charge on any atom is 0.0246 e. The molecule has 0 spiro atoms. The molecule has 0 unspecified atom stereocenters. The summed E-state index contributed by atoms with van der Waals surface area (Å²) in [4.78, 5) is 5.35. The van der Waals surface area contributed by atoms with Crippen molar-refractivity contribution >= 4 is 15.9 Å². The maximum atomic E-state index is 3.67. The SMILES string of the molecule is CC1CCC(N2CCN(Cc3ccccc3Br)CC2)CC1. The van der Waals surface area contributed by atoms with Gasteiger partial charge in [0.15, 0.2) is 0 Å². The van der Waals surface area contributed by atoms with E-state index in [-0.39, 0.29) is 0 Å². The molecule has 2 aliphatic rings. The van der Waals surface area contributed by atoms with Crippen molar-refractivity contribution in [3.8, 4) is 0 Å². The third-order valence-electron chi connectivity index (χ3n) is 5.26. The molecule has 2 fully saturated rings. The van der Waals surface area contributed by atoms with Gasteiger partial charge in [-0.25, -0.2) is 0 Å². The van der Waals surface area contributed by atoms with Gasteiger partial charge in [0.1, 0.15) is 0 Å². The minimum absolute atomic E-state index is 0.867. The minimum atomic E-state index is 0.867. The van der Waals surface area contributed by atoms with E-state index in [1.165, 1.54) is 61.9 Å². The number of halogens is 1. The normalized spacial score (nSPS) is 28.7. The molecule has 1 aromatic carbocycles. The molecular weight excluding hydrogens is 324 g/mol. The summed E-state index contributed by atoms with van der Waals surface area (Å²) in [5.74, 6) is 0.956. The Bertz CT molecular complexity index is 446. The molecule has 1 aromatic rings. The molecule has 0 bridgehead atoms. The first-order chi connectivity index (χ1) is 10.2. The summed E-state index contributed by atoms with van der Waals surface area (Å²) in [5, 5.41) is 0. The van der Waals surface area contributed by atoms with Gasteiger partial charge < -0.3 is 0 Å². The largest absolute Gasteiger partial charge is 0.298 e. The third-order valence-corrected chi connectivity index (χ3v) is 6.03. The molecular formula is C18H27BrN2. The van der Waals surface area contributed by atoms with Crippen LogP contribution in [0.3, 0.4) is 0 Å². The van der Waals surface area contributed by atoms with E-state index in [0.29, 0.717) is 0 Å². The van der Waals surface area contributed by atoms with Gasteiger partial charge in [-0.15, -0.1) is 0 Å². The fourth-order valence-electron chi connectivity index (χ4n) is 3.76. The van der Waals surface area contributed by atoms with Crippen LogP contribution in [0.5, 0.6) is 0 Å². The van der Waals surface area contributed by atoms with Crippen LogP contribution in [-0.2, 0) is 6.54 Å². The monoisotopic (exact) mass is 350 g/mol. The zero-order valence-electron chi connectivity index (χ0n) is 13.1. The van der Waals surface area contributed by atoms with E-state index >= 15 is 0 Å². The second-order valence-corrected chi connectivity index (χ2v) is 7.67. The lowest BCUT2D eigenvalue weighted by Crippen LogP contribution is -2.50. The molecule has 0 amide bonds. The average Bonchev–Trinajstić information content (AvgIpc) is 2.51. The van der Waals surface area contributed by atoms with Crippen molar-refractivity contribution in [3.63, 3.8) is 0 Å². The topological polar surface area (TPSA) is 6.48 Å². The summed E-state index contributed by atoms with van der Waals surface area (Å²) in [7, 11) is 0. The van der Waals surface area contributed by atoms with E-state index in [1.54, 1.807) is 0 Å². The van der Waals surface area contributed by atoms with Gasteiger partial charge in [0.2, 0.25) is 0 Å². The Morgan fingerprint density at radius 1 is 1.00 bits per heavy atom. The van der Waals surface area contributed by atoms with Crippen molar-refractivity contribution in [2.45, 2.75) is 45.2 Å². The minimum Gasteiger partial charge on any atom is -0.298 e. The van der Waals surface area contributed by atoms with Crippen molar-refractivity contribution in [1.29, 1.82) is 0 Å². The third kappa shape index (κ3) is 4.08. The van der Waals surface area contributed by atoms with Crippen molar-refractivity contribution in [2.24, 2.45) is 5.92 Å². The van der Waals surface area contributed by atoms with Gasteiger partial charge in [-0.3, -0.25) is 9.80 Å². The van der Waals surface area contributed by atoms with E-state index in [4.69, 9.17) is 0 Å². The molecule has 1 aliphatic heterocycles. The summed E-state index contributed by atoms with van der Waals surface area (Å²) < 4.78 is 1.24. The van der Waals surface area contributed by atoms with Gasteiger partial charge in [-0.1, -0.05) is 41.1 Å². The summed E-state index contributed by atoms with van der Waals surface area (Å²) in [6.07, 6.45) is 5.71. The molecule has 0 radical (unpaired) electrons. The average molecular weight is 351 g/mol. The molecule has 21 heavy (non-hydrogen) atoms. The molecule has 3 rings (SSSR count). The van der Waals surface area contributed by atoms with Gasteiger partial charge in [0, 0.05) is 43.2 Å². The van der Waals surface area contributed by atoms with Crippen LogP contribution in [0.4, 0.5) is 0 Å². The smallest absolute Gasteiger partial charge is 0.0246 e. The van der Waals surface area contributed by atoms with Crippen molar-refractivity contribution in [2.75, 3.05) is 26.2 Å². The summed E-state index contributed by atoms with van der Waals surface area (Å²) in [6.45, 7) is 8.43. The Morgan fingerprint density at radius 2 is 1.67 bits per heavy atom. The van der Waals surface area contributed by atoms with Gasteiger partial charge >= 0.3 is 0 Å². The predicted molar refractivity (Wildman–Crippen MR) is 92.4 cm³/mol. The number of piperazine rings is 1. The highest BCUT2D eigenvalue weighted by atomic mass is 79.9. The molecule has 0 atom stereocenters. The Kier molecular flexibility index (Phi) is 5.36. The molecule has 0 N–H and O–H groups in total. The highest BCUT2D eigenvalue weighted by Gasteiger charge is 2.26. The summed E-state index contributed by atoms with van der Waals surface area (Å²) in [5.41, 5.74) is 1.41. The van der Waals surface area contributed by atoms with Crippen LogP contribution < -0.4 is 0 Å². The standard InChI is InChI=1S/C18H27BrN2/c1-15-6-8-17(9-7-15)21-12-10-20(11-13-21)14-16-4-2-3-5-18(16)19/h2-5,15,17H,6-14H2,1H3. The molecule has 0 aromatic heterocycles. The maximum absolute atomic E-state index is 3.67. The van der Waals surface area contributed by atoms with Crippen molar-refractivity contribution in [1.82, 2.24) is 9.80 Å². The van der Waals surface area contributed by atoms with E-state index < -0.39 is 0 Å². The van der Waals surface area contributed by atoms with Crippen LogP contribution in [0.1, 0.15) is 38.2 Å². The van der Waals surface area contributed by atoms with Crippen LogP contribution >= 0.6 is 15.9 Å². The molecule has 116 valence electrons. The molecule has 1 saturated heterocycles. The Labute approximate surface area is 137 Å². The van der Waals surface area contributed by atoms with Crippen molar-refractivity contribution in [3.05, 3.63) is 34.3 Å². The second-order valence-electron chi connectivity index (χ2n) is 6.82. The van der Waals surface area contributed by atoms with E-state index in [9.17, 15) is 0 Å². The molecule has 2 nitrogen and oxygen atoms in total. The van der Waals surface area contributed by atoms with Gasteiger partial charge in [-0.2, -0.15) is 0 Å². The molecule has 1 saturated carbocycles. The highest BCUT2D eigenvalue weighted by Crippen LogP contribution is 2.28. The number of hydrogen-bond acceptors (Lipinski definition) is 2. The zero-order chi connectivity index (χ0) is 14.7. The number of nitrogens with zero attached hydrogens (tertiary/aromatic N) is 2. The van der Waals surface area contributed by atoms with E-state index in [2.05, 4.69) is 56.9 Å². The Balaban J connectivity index is 1.48. The molecule has 3 heteroatoms. The first-order valence-corrected chi connectivity index (χ1v) is 9.21. The Morgan fingerprint density at radius 3 is 2.33 bits per heavy atom. The van der Waals surface area contributed by atoms with Gasteiger partial charge in [0.25, 0.3) is 0 Å². The van der Waals surface area contributed by atoms with Crippen LogP contribution in [0.15, 0.2) is 28.7 Å². The van der Waals surface area contributed by atoms with Crippen LogP contribution in [-0.4, -0.2) is 42.0 Å². The quantitative estimate of drug-likeness (QED) is 0.807. The fraction of sp³-hybridized carbons (Fsp3) is 0.667. The van der Waals surface area contributed by atoms with E-state index in [0.717, 1.165) is 18.5 Å². The fourth-order valence-corrected chi connectivity index (χ4v) is 4.17. The number of benzene rings is 1. The summed E-state index contributed by atoms with van der Waals surface area (Å²) >= 11 is 3.67. The van der Waals surface area contributed by atoms with Crippen LogP contribution in [0.25, 0.3) is 0 Å². The second kappa shape index (κ2) is 7.26. The van der Waals surface area contributed by atoms with Crippen LogP contribution in [0.2, 0.25) is 0 Å². The lowest BCUT2D eigenvalue weighted by molar-refractivity contribution is 0.0688.